The Labute approximate surface area is 113 Å². The van der Waals surface area contributed by atoms with E-state index in [-0.39, 0.29) is 5.57 Å². The van der Waals surface area contributed by atoms with Crippen molar-refractivity contribution in [3.63, 3.8) is 0 Å². The maximum Gasteiger partial charge on any atom is 0.128 e. The summed E-state index contributed by atoms with van der Waals surface area (Å²) in [7, 11) is 0. The van der Waals surface area contributed by atoms with Crippen LogP contribution in [-0.4, -0.2) is 0 Å². The summed E-state index contributed by atoms with van der Waals surface area (Å²) in [6.45, 7) is 1.85. The van der Waals surface area contributed by atoms with Crippen LogP contribution in [0.4, 0.5) is 0 Å². The number of benzene rings is 2. The monoisotopic (exact) mass is 246 g/mol. The van der Waals surface area contributed by atoms with Crippen molar-refractivity contribution in [2.45, 2.75) is 19.8 Å². The van der Waals surface area contributed by atoms with E-state index in [0.717, 1.165) is 18.4 Å². The summed E-state index contributed by atoms with van der Waals surface area (Å²) in [5.41, 5.74) is 2.33. The summed E-state index contributed by atoms with van der Waals surface area (Å²) >= 11 is 0. The molecule has 0 amide bonds. The molecule has 2 heteroatoms. The zero-order valence-corrected chi connectivity index (χ0v) is 10.9. The highest BCUT2D eigenvalue weighted by atomic mass is 14.3. The van der Waals surface area contributed by atoms with Gasteiger partial charge in [0.05, 0.1) is 0 Å². The molecule has 0 saturated carbocycles. The van der Waals surface area contributed by atoms with E-state index in [0.29, 0.717) is 0 Å². The van der Waals surface area contributed by atoms with Crippen LogP contribution < -0.4 is 0 Å². The number of fused-ring (bicyclic) bond motifs is 1. The lowest BCUT2D eigenvalue weighted by atomic mass is 10.00. The van der Waals surface area contributed by atoms with E-state index in [2.05, 4.69) is 30.3 Å². The molecule has 0 fully saturated rings. The van der Waals surface area contributed by atoms with Crippen LogP contribution in [0.1, 0.15) is 18.9 Å². The predicted molar refractivity (Wildman–Crippen MR) is 76.2 cm³/mol. The van der Waals surface area contributed by atoms with Crippen molar-refractivity contribution in [2.75, 3.05) is 0 Å². The van der Waals surface area contributed by atoms with Crippen molar-refractivity contribution >= 4 is 10.8 Å². The van der Waals surface area contributed by atoms with E-state index in [9.17, 15) is 0 Å². The molecule has 2 aromatic rings. The Kier molecular flexibility index (Phi) is 3.96. The van der Waals surface area contributed by atoms with E-state index in [1.165, 1.54) is 16.3 Å². The smallest absolute Gasteiger partial charge is 0.128 e. The molecule has 0 aliphatic rings. The largest absolute Gasteiger partial charge is 0.192 e. The molecular weight excluding hydrogens is 232 g/mol. The van der Waals surface area contributed by atoms with Gasteiger partial charge in [0.15, 0.2) is 0 Å². The Morgan fingerprint density at radius 1 is 1.00 bits per heavy atom. The first-order valence-electron chi connectivity index (χ1n) is 6.22. The first-order valence-corrected chi connectivity index (χ1v) is 6.22. The minimum atomic E-state index is 0.237. The van der Waals surface area contributed by atoms with Crippen LogP contribution in [0.2, 0.25) is 0 Å². The topological polar surface area (TPSA) is 47.6 Å². The lowest BCUT2D eigenvalue weighted by molar-refractivity contribution is 0.937. The van der Waals surface area contributed by atoms with Gasteiger partial charge in [0.2, 0.25) is 0 Å². The van der Waals surface area contributed by atoms with Gasteiger partial charge in [0.1, 0.15) is 17.7 Å². The maximum absolute atomic E-state index is 8.80. The molecule has 0 spiro atoms. The minimum absolute atomic E-state index is 0.237. The molecule has 92 valence electrons. The average Bonchev–Trinajstić information content (AvgIpc) is 2.46. The lowest BCUT2D eigenvalue weighted by Gasteiger charge is -2.04. The molecular formula is C17H14N2. The Morgan fingerprint density at radius 2 is 1.68 bits per heavy atom. The van der Waals surface area contributed by atoms with Crippen molar-refractivity contribution in [3.05, 3.63) is 59.2 Å². The van der Waals surface area contributed by atoms with Crippen molar-refractivity contribution in [1.29, 1.82) is 10.5 Å². The zero-order chi connectivity index (χ0) is 13.7. The highest BCUT2D eigenvalue weighted by Gasteiger charge is 2.02. The van der Waals surface area contributed by atoms with Crippen LogP contribution in [0, 0.1) is 22.7 Å². The molecule has 0 radical (unpaired) electrons. The molecule has 0 heterocycles. The number of hydrogen-bond acceptors (Lipinski definition) is 2. The van der Waals surface area contributed by atoms with E-state index in [1.54, 1.807) is 0 Å². The number of aryl methyl sites for hydroxylation is 1. The van der Waals surface area contributed by atoms with Crippen LogP contribution in [0.15, 0.2) is 53.6 Å². The third-order valence-corrected chi connectivity index (χ3v) is 3.25. The van der Waals surface area contributed by atoms with Crippen molar-refractivity contribution < 1.29 is 0 Å². The average molecular weight is 246 g/mol. The third-order valence-electron chi connectivity index (χ3n) is 3.25. The summed E-state index contributed by atoms with van der Waals surface area (Å²) in [6.07, 6.45) is 1.60. The van der Waals surface area contributed by atoms with E-state index in [1.807, 2.05) is 31.2 Å². The second kappa shape index (κ2) is 5.85. The van der Waals surface area contributed by atoms with Crippen LogP contribution in [-0.2, 0) is 6.42 Å². The fourth-order valence-corrected chi connectivity index (χ4v) is 2.07. The fourth-order valence-electron chi connectivity index (χ4n) is 2.07. The van der Waals surface area contributed by atoms with Gasteiger partial charge in [0, 0.05) is 0 Å². The Bertz CT molecular complexity index is 696. The van der Waals surface area contributed by atoms with Crippen LogP contribution in [0.5, 0.6) is 0 Å². The maximum atomic E-state index is 8.80. The Hall–Kier alpha value is -2.58. The number of hydrogen-bond donors (Lipinski definition) is 0. The third kappa shape index (κ3) is 3.00. The standard InChI is InChI=1S/C17H14N2/c1-13(17(11-18)12-19)6-7-14-8-9-15-4-2-3-5-16(15)10-14/h2-5,8-10H,6-7H2,1H3. The van der Waals surface area contributed by atoms with E-state index in [4.69, 9.17) is 10.5 Å². The molecule has 0 aliphatic carbocycles. The van der Waals surface area contributed by atoms with Crippen molar-refractivity contribution in [2.24, 2.45) is 0 Å². The molecule has 0 aromatic heterocycles. The summed E-state index contributed by atoms with van der Waals surface area (Å²) < 4.78 is 0. The van der Waals surface area contributed by atoms with Gasteiger partial charge >= 0.3 is 0 Å². The van der Waals surface area contributed by atoms with Gasteiger partial charge in [0.25, 0.3) is 0 Å². The number of nitriles is 2. The number of rotatable bonds is 3. The van der Waals surface area contributed by atoms with Gasteiger partial charge in [-0.25, -0.2) is 0 Å². The molecule has 0 atom stereocenters. The van der Waals surface area contributed by atoms with Gasteiger partial charge in [-0.15, -0.1) is 0 Å². The SMILES string of the molecule is CC(CCc1ccc2ccccc2c1)=C(C#N)C#N. The predicted octanol–water partition coefficient (Wildman–Crippen LogP) is 4.14. The Balaban J connectivity index is 2.17. The summed E-state index contributed by atoms with van der Waals surface area (Å²) in [5.74, 6) is 0. The van der Waals surface area contributed by atoms with Crippen molar-refractivity contribution in [1.82, 2.24) is 0 Å². The van der Waals surface area contributed by atoms with Gasteiger partial charge in [-0.1, -0.05) is 42.5 Å². The van der Waals surface area contributed by atoms with Gasteiger partial charge in [-0.05, 0) is 41.7 Å². The van der Waals surface area contributed by atoms with Gasteiger partial charge in [-0.2, -0.15) is 10.5 Å². The minimum Gasteiger partial charge on any atom is -0.192 e. The summed E-state index contributed by atoms with van der Waals surface area (Å²) in [6, 6.07) is 18.5. The van der Waals surface area contributed by atoms with E-state index < -0.39 is 0 Å². The molecule has 0 aliphatic heterocycles. The molecule has 0 N–H and O–H groups in total. The molecule has 0 unspecified atom stereocenters. The fraction of sp³-hybridized carbons (Fsp3) is 0.176. The highest BCUT2D eigenvalue weighted by Crippen LogP contribution is 2.18. The molecule has 2 aromatic carbocycles. The first-order chi connectivity index (χ1) is 9.24. The normalized spacial score (nSPS) is 9.63. The summed E-state index contributed by atoms with van der Waals surface area (Å²) in [4.78, 5) is 0. The second-order valence-corrected chi connectivity index (χ2v) is 4.56. The van der Waals surface area contributed by atoms with Crippen LogP contribution in [0.25, 0.3) is 10.8 Å². The molecule has 0 saturated heterocycles. The molecule has 19 heavy (non-hydrogen) atoms. The number of nitrogens with zero attached hydrogens (tertiary/aromatic N) is 2. The second-order valence-electron chi connectivity index (χ2n) is 4.56. The van der Waals surface area contributed by atoms with Crippen LogP contribution >= 0.6 is 0 Å². The highest BCUT2D eigenvalue weighted by molar-refractivity contribution is 5.82. The lowest BCUT2D eigenvalue weighted by Crippen LogP contribution is -1.90. The Morgan fingerprint density at radius 3 is 2.37 bits per heavy atom. The van der Waals surface area contributed by atoms with E-state index >= 15 is 0 Å². The van der Waals surface area contributed by atoms with Gasteiger partial charge < -0.3 is 0 Å². The van der Waals surface area contributed by atoms with Crippen LogP contribution in [0.3, 0.4) is 0 Å². The molecule has 2 nitrogen and oxygen atoms in total. The van der Waals surface area contributed by atoms with Crippen molar-refractivity contribution in [3.8, 4) is 12.1 Å². The van der Waals surface area contributed by atoms with Gasteiger partial charge in [-0.3, -0.25) is 0 Å². The summed E-state index contributed by atoms with van der Waals surface area (Å²) in [5, 5.41) is 20.1. The molecule has 2 rings (SSSR count). The number of allylic oxidation sites excluding steroid dienone is 2. The zero-order valence-electron chi connectivity index (χ0n) is 10.9. The quantitative estimate of drug-likeness (QED) is 0.764. The molecule has 0 bridgehead atoms. The first kappa shape index (κ1) is 12.9.